The molecule has 0 aliphatic rings. The van der Waals surface area contributed by atoms with E-state index in [0.29, 0.717) is 0 Å². The first-order valence-electron chi connectivity index (χ1n) is 13.4. The van der Waals surface area contributed by atoms with E-state index < -0.39 is 0 Å². The van der Waals surface area contributed by atoms with Gasteiger partial charge in [-0.25, -0.2) is 0 Å². The fourth-order valence-electron chi connectivity index (χ4n) is 7.06. The van der Waals surface area contributed by atoms with Gasteiger partial charge in [-0.1, -0.05) is 91.0 Å². The Morgan fingerprint density at radius 2 is 1.00 bits per heavy atom. The molecule has 0 fully saturated rings. The first kappa shape index (κ1) is 20.1. The lowest BCUT2D eigenvalue weighted by atomic mass is 10.1. The number of rotatable bonds is 1. The van der Waals surface area contributed by atoms with Crippen LogP contribution in [0.15, 0.2) is 121 Å². The van der Waals surface area contributed by atoms with Crippen LogP contribution in [-0.2, 0) is 0 Å². The van der Waals surface area contributed by atoms with Crippen molar-refractivity contribution in [2.45, 2.75) is 0 Å². The molecule has 180 valence electrons. The van der Waals surface area contributed by atoms with Gasteiger partial charge in [-0.15, -0.1) is 11.3 Å². The van der Waals surface area contributed by atoms with Gasteiger partial charge in [0.1, 0.15) is 0 Å². The zero-order valence-corrected chi connectivity index (χ0v) is 21.7. The molecule has 2 nitrogen and oxygen atoms in total. The average Bonchev–Trinajstić information content (AvgIpc) is 3.72. The van der Waals surface area contributed by atoms with Gasteiger partial charge in [-0.05, 0) is 30.3 Å². The molecule has 4 heterocycles. The molecule has 0 amide bonds. The number of aromatic nitrogens is 2. The predicted molar refractivity (Wildman–Crippen MR) is 168 cm³/mol. The number of hydrogen-bond donors (Lipinski definition) is 0. The summed E-state index contributed by atoms with van der Waals surface area (Å²) < 4.78 is 7.65. The topological polar surface area (TPSA) is 9.34 Å². The second-order valence-corrected chi connectivity index (χ2v) is 11.6. The van der Waals surface area contributed by atoms with Gasteiger partial charge in [0, 0.05) is 53.5 Å². The van der Waals surface area contributed by atoms with Crippen LogP contribution in [0.2, 0.25) is 0 Å². The van der Waals surface area contributed by atoms with E-state index in [2.05, 4.69) is 130 Å². The highest BCUT2D eigenvalue weighted by atomic mass is 32.1. The SMILES string of the molecule is c1ccc2c(c1)sc1c2ccc2c3ccccc3n(-c3ccc4c5cccc6c7ccccc7n(c4c3)c65)c21. The molecule has 0 aliphatic heterocycles. The van der Waals surface area contributed by atoms with Crippen LogP contribution in [0.25, 0.3) is 85.8 Å². The van der Waals surface area contributed by atoms with Crippen molar-refractivity contribution in [3.05, 3.63) is 121 Å². The monoisotopic (exact) mass is 512 g/mol. The first-order valence-corrected chi connectivity index (χ1v) is 14.2. The molecule has 4 aromatic heterocycles. The summed E-state index contributed by atoms with van der Waals surface area (Å²) in [7, 11) is 0. The smallest absolute Gasteiger partial charge is 0.0719 e. The van der Waals surface area contributed by atoms with E-state index >= 15 is 0 Å². The van der Waals surface area contributed by atoms with Crippen LogP contribution in [0.1, 0.15) is 0 Å². The second-order valence-electron chi connectivity index (χ2n) is 10.5. The summed E-state index contributed by atoms with van der Waals surface area (Å²) in [4.78, 5) is 0. The molecular formula is C36H20N2S. The third-order valence-electron chi connectivity index (χ3n) is 8.64. The summed E-state index contributed by atoms with van der Waals surface area (Å²) in [6.07, 6.45) is 0. The van der Waals surface area contributed by atoms with Crippen LogP contribution < -0.4 is 0 Å². The maximum absolute atomic E-state index is 2.49. The summed E-state index contributed by atoms with van der Waals surface area (Å²) in [6, 6.07) is 44.8. The van der Waals surface area contributed by atoms with Crippen molar-refractivity contribution < 1.29 is 0 Å². The molecule has 0 atom stereocenters. The van der Waals surface area contributed by atoms with Crippen molar-refractivity contribution in [1.82, 2.24) is 8.97 Å². The van der Waals surface area contributed by atoms with Gasteiger partial charge in [0.05, 0.1) is 32.3 Å². The fraction of sp³-hybridized carbons (Fsp3) is 0. The molecular weight excluding hydrogens is 492 g/mol. The summed E-state index contributed by atoms with van der Waals surface area (Å²) in [5.74, 6) is 0. The maximum atomic E-state index is 2.49. The van der Waals surface area contributed by atoms with E-state index in [-0.39, 0.29) is 0 Å². The van der Waals surface area contributed by atoms with Gasteiger partial charge in [-0.2, -0.15) is 0 Å². The number of hydrogen-bond acceptors (Lipinski definition) is 1. The van der Waals surface area contributed by atoms with E-state index in [4.69, 9.17) is 0 Å². The van der Waals surface area contributed by atoms with Gasteiger partial charge in [-0.3, -0.25) is 0 Å². The Morgan fingerprint density at radius 3 is 1.85 bits per heavy atom. The van der Waals surface area contributed by atoms with E-state index in [1.54, 1.807) is 0 Å². The molecule has 3 heteroatoms. The molecule has 0 unspecified atom stereocenters. The van der Waals surface area contributed by atoms with Crippen LogP contribution >= 0.6 is 11.3 Å². The Labute approximate surface area is 226 Å². The molecule has 0 bridgehead atoms. The number of para-hydroxylation sites is 3. The Bertz CT molecular complexity index is 2610. The number of fused-ring (bicyclic) bond motifs is 13. The van der Waals surface area contributed by atoms with E-state index in [0.717, 1.165) is 0 Å². The van der Waals surface area contributed by atoms with Crippen molar-refractivity contribution in [2.24, 2.45) is 0 Å². The summed E-state index contributed by atoms with van der Waals surface area (Å²) >= 11 is 1.90. The van der Waals surface area contributed by atoms with Gasteiger partial charge >= 0.3 is 0 Å². The minimum atomic E-state index is 1.20. The zero-order valence-electron chi connectivity index (χ0n) is 20.8. The second kappa shape index (κ2) is 6.96. The van der Waals surface area contributed by atoms with Crippen LogP contribution in [0.3, 0.4) is 0 Å². The van der Waals surface area contributed by atoms with Gasteiger partial charge in [0.15, 0.2) is 0 Å². The van der Waals surface area contributed by atoms with Crippen molar-refractivity contribution >= 4 is 91.4 Å². The van der Waals surface area contributed by atoms with Crippen molar-refractivity contribution in [3.8, 4) is 5.69 Å². The molecule has 0 radical (unpaired) electrons. The van der Waals surface area contributed by atoms with E-state index in [9.17, 15) is 0 Å². The lowest BCUT2D eigenvalue weighted by Gasteiger charge is -2.09. The molecule has 10 aromatic rings. The van der Waals surface area contributed by atoms with Crippen LogP contribution in [0, 0.1) is 0 Å². The molecule has 39 heavy (non-hydrogen) atoms. The lowest BCUT2D eigenvalue weighted by Crippen LogP contribution is -1.94. The quantitative estimate of drug-likeness (QED) is 0.207. The molecule has 0 aliphatic carbocycles. The normalized spacial score (nSPS) is 12.6. The highest BCUT2D eigenvalue weighted by molar-refractivity contribution is 7.26. The predicted octanol–water partition coefficient (Wildman–Crippen LogP) is 10.3. The minimum absolute atomic E-state index is 1.20. The Kier molecular flexibility index (Phi) is 3.59. The highest BCUT2D eigenvalue weighted by Gasteiger charge is 2.20. The Hall–Kier alpha value is -4.86. The molecule has 0 N–H and O–H groups in total. The van der Waals surface area contributed by atoms with Crippen molar-refractivity contribution in [3.63, 3.8) is 0 Å². The van der Waals surface area contributed by atoms with Crippen LogP contribution in [0.4, 0.5) is 0 Å². The average molecular weight is 513 g/mol. The van der Waals surface area contributed by atoms with E-state index in [1.807, 2.05) is 11.3 Å². The summed E-state index contributed by atoms with van der Waals surface area (Å²) in [5.41, 5.74) is 7.59. The third-order valence-corrected chi connectivity index (χ3v) is 9.84. The standard InChI is InChI=1S/C36H20N2S/c1-4-13-30-23(9-1)28-18-19-29-25-10-3-6-15-33(25)39-36(29)35(28)37(30)21-16-17-24-27-12-7-11-26-22-8-2-5-14-31(22)38(34(26)27)32(24)20-21/h1-20H. The van der Waals surface area contributed by atoms with Crippen molar-refractivity contribution in [2.75, 3.05) is 0 Å². The lowest BCUT2D eigenvalue weighted by molar-refractivity contribution is 1.19. The molecule has 0 spiro atoms. The highest BCUT2D eigenvalue weighted by Crippen LogP contribution is 2.44. The number of benzene rings is 6. The van der Waals surface area contributed by atoms with Crippen LogP contribution in [-0.4, -0.2) is 8.97 Å². The van der Waals surface area contributed by atoms with Gasteiger partial charge in [0.25, 0.3) is 0 Å². The number of nitrogens with zero attached hydrogens (tertiary/aromatic N) is 2. The zero-order chi connectivity index (χ0) is 25.2. The summed E-state index contributed by atoms with van der Waals surface area (Å²) in [6.45, 7) is 0. The molecule has 0 saturated heterocycles. The van der Waals surface area contributed by atoms with E-state index in [1.165, 1.54) is 85.8 Å². The maximum Gasteiger partial charge on any atom is 0.0719 e. The largest absolute Gasteiger partial charge is 0.308 e. The molecule has 6 aromatic carbocycles. The third kappa shape index (κ3) is 2.38. The Morgan fingerprint density at radius 1 is 0.410 bits per heavy atom. The Balaban J connectivity index is 1.41. The minimum Gasteiger partial charge on any atom is -0.308 e. The van der Waals surface area contributed by atoms with Crippen molar-refractivity contribution in [1.29, 1.82) is 0 Å². The fourth-order valence-corrected chi connectivity index (χ4v) is 8.30. The summed E-state index contributed by atoms with van der Waals surface area (Å²) in [5, 5.41) is 10.5. The molecule has 0 saturated carbocycles. The number of thiophene rings is 1. The molecule has 10 rings (SSSR count). The first-order chi connectivity index (χ1) is 19.4. The van der Waals surface area contributed by atoms with Gasteiger partial charge in [0.2, 0.25) is 0 Å². The van der Waals surface area contributed by atoms with Gasteiger partial charge < -0.3 is 8.97 Å². The van der Waals surface area contributed by atoms with Crippen LogP contribution in [0.5, 0.6) is 0 Å².